The average Bonchev–Trinajstić information content (AvgIpc) is 2.47. The van der Waals surface area contributed by atoms with Crippen LogP contribution in [0.4, 0.5) is 4.79 Å². The number of aromatic hydroxyl groups is 1. The topological polar surface area (TPSA) is 64.6 Å². The molecule has 1 saturated carbocycles. The van der Waals surface area contributed by atoms with Crippen molar-refractivity contribution >= 4 is 6.03 Å². The fourth-order valence-corrected chi connectivity index (χ4v) is 3.03. The Labute approximate surface area is 132 Å². The van der Waals surface area contributed by atoms with Crippen LogP contribution in [0.2, 0.25) is 0 Å². The molecule has 0 aliphatic heterocycles. The third-order valence-corrected chi connectivity index (χ3v) is 4.32. The third kappa shape index (κ3) is 5.22. The van der Waals surface area contributed by atoms with Crippen LogP contribution in [0.25, 0.3) is 0 Å². The lowest BCUT2D eigenvalue weighted by Gasteiger charge is -2.33. The van der Waals surface area contributed by atoms with Gasteiger partial charge < -0.3 is 20.6 Å². The van der Waals surface area contributed by atoms with Crippen LogP contribution in [0.1, 0.15) is 31.2 Å². The number of phenols is 1. The fraction of sp³-hybridized carbons (Fsp3) is 0.588. The van der Waals surface area contributed by atoms with Crippen LogP contribution in [-0.2, 0) is 6.42 Å². The molecule has 2 amide bonds. The van der Waals surface area contributed by atoms with Crippen molar-refractivity contribution < 1.29 is 9.90 Å². The maximum absolute atomic E-state index is 12.0. The maximum Gasteiger partial charge on any atom is 0.315 e. The molecule has 0 heterocycles. The van der Waals surface area contributed by atoms with Crippen molar-refractivity contribution in [1.82, 2.24) is 15.5 Å². The molecule has 1 aliphatic rings. The van der Waals surface area contributed by atoms with Gasteiger partial charge in [0.1, 0.15) is 5.75 Å². The number of phenolic OH excluding ortho intramolecular Hbond substituents is 1. The Balaban J connectivity index is 1.69. The molecule has 0 aromatic heterocycles. The zero-order valence-corrected chi connectivity index (χ0v) is 13.5. The molecular weight excluding hydrogens is 278 g/mol. The van der Waals surface area contributed by atoms with Crippen LogP contribution in [-0.4, -0.2) is 48.8 Å². The van der Waals surface area contributed by atoms with Crippen molar-refractivity contribution in [2.45, 2.75) is 44.2 Å². The molecule has 1 aromatic carbocycles. The van der Waals surface area contributed by atoms with E-state index in [1.807, 2.05) is 12.1 Å². The van der Waals surface area contributed by atoms with E-state index in [2.05, 4.69) is 29.6 Å². The van der Waals surface area contributed by atoms with Crippen molar-refractivity contribution in [1.29, 1.82) is 0 Å². The lowest BCUT2D eigenvalue weighted by molar-refractivity contribution is 0.193. The lowest BCUT2D eigenvalue weighted by atomic mass is 9.90. The number of hydrogen-bond donors (Lipinski definition) is 3. The van der Waals surface area contributed by atoms with Gasteiger partial charge in [-0.2, -0.15) is 0 Å². The summed E-state index contributed by atoms with van der Waals surface area (Å²) in [6, 6.07) is 7.87. The lowest BCUT2D eigenvalue weighted by Crippen LogP contribution is -2.47. The van der Waals surface area contributed by atoms with Gasteiger partial charge in [-0.1, -0.05) is 12.1 Å². The molecule has 0 saturated heterocycles. The highest BCUT2D eigenvalue weighted by Crippen LogP contribution is 2.21. The zero-order chi connectivity index (χ0) is 15.9. The largest absolute Gasteiger partial charge is 0.508 e. The van der Waals surface area contributed by atoms with E-state index in [1.165, 1.54) is 6.42 Å². The van der Waals surface area contributed by atoms with E-state index in [-0.39, 0.29) is 17.8 Å². The second kappa shape index (κ2) is 8.03. The molecule has 0 spiro atoms. The molecule has 122 valence electrons. The van der Waals surface area contributed by atoms with E-state index in [9.17, 15) is 9.90 Å². The number of carbonyl (C=O) groups excluding carboxylic acids is 1. The van der Waals surface area contributed by atoms with Gasteiger partial charge in [0.05, 0.1) is 0 Å². The second-order valence-electron chi connectivity index (χ2n) is 6.30. The summed E-state index contributed by atoms with van der Waals surface area (Å²) < 4.78 is 0. The van der Waals surface area contributed by atoms with Crippen LogP contribution < -0.4 is 10.6 Å². The van der Waals surface area contributed by atoms with Gasteiger partial charge >= 0.3 is 6.03 Å². The van der Waals surface area contributed by atoms with E-state index in [0.717, 1.165) is 24.8 Å². The highest BCUT2D eigenvalue weighted by atomic mass is 16.3. The van der Waals surface area contributed by atoms with Crippen LogP contribution in [0.15, 0.2) is 24.3 Å². The maximum atomic E-state index is 12.0. The standard InChI is InChI=1S/C17H27N3O2/c1-20(2)15-7-4-6-14(12-15)19-17(22)18-10-9-13-5-3-8-16(21)11-13/h3,5,8,11,14-15,21H,4,6-7,9-10,12H2,1-2H3,(H2,18,19,22)/t14-,15-/m0/s1. The fourth-order valence-electron chi connectivity index (χ4n) is 3.03. The number of benzene rings is 1. The minimum atomic E-state index is -0.0930. The van der Waals surface area contributed by atoms with Gasteiger partial charge in [0.2, 0.25) is 0 Å². The Bertz CT molecular complexity index is 491. The summed E-state index contributed by atoms with van der Waals surface area (Å²) in [5.41, 5.74) is 1.02. The summed E-state index contributed by atoms with van der Waals surface area (Å²) in [5.74, 6) is 0.263. The van der Waals surface area contributed by atoms with Crippen LogP contribution >= 0.6 is 0 Å². The van der Waals surface area contributed by atoms with E-state index in [0.29, 0.717) is 19.0 Å². The normalized spacial score (nSPS) is 21.6. The summed E-state index contributed by atoms with van der Waals surface area (Å²) >= 11 is 0. The third-order valence-electron chi connectivity index (χ3n) is 4.32. The quantitative estimate of drug-likeness (QED) is 0.780. The van der Waals surface area contributed by atoms with Gasteiger partial charge in [-0.25, -0.2) is 4.79 Å². The summed E-state index contributed by atoms with van der Waals surface area (Å²) in [6.07, 6.45) is 5.17. The van der Waals surface area contributed by atoms with Crippen molar-refractivity contribution in [3.63, 3.8) is 0 Å². The molecule has 1 aliphatic carbocycles. The average molecular weight is 305 g/mol. The SMILES string of the molecule is CN(C)[C@H]1CCC[C@H](NC(=O)NCCc2cccc(O)c2)C1. The Morgan fingerprint density at radius 1 is 1.36 bits per heavy atom. The molecule has 2 atom stereocenters. The van der Waals surface area contributed by atoms with Crippen LogP contribution in [0.5, 0.6) is 5.75 Å². The molecule has 3 N–H and O–H groups in total. The summed E-state index contributed by atoms with van der Waals surface area (Å²) in [6.45, 7) is 0.569. The Morgan fingerprint density at radius 3 is 2.91 bits per heavy atom. The van der Waals surface area contributed by atoms with Crippen LogP contribution in [0, 0.1) is 0 Å². The van der Waals surface area contributed by atoms with Crippen molar-refractivity contribution in [3.05, 3.63) is 29.8 Å². The Kier molecular flexibility index (Phi) is 6.07. The molecule has 0 unspecified atom stereocenters. The van der Waals surface area contributed by atoms with Gasteiger partial charge in [0, 0.05) is 18.6 Å². The number of nitrogens with zero attached hydrogens (tertiary/aromatic N) is 1. The molecule has 0 radical (unpaired) electrons. The predicted octanol–water partition coefficient (Wildman–Crippen LogP) is 2.11. The molecule has 5 heteroatoms. The summed E-state index contributed by atoms with van der Waals surface area (Å²) in [7, 11) is 4.20. The van der Waals surface area contributed by atoms with E-state index >= 15 is 0 Å². The van der Waals surface area contributed by atoms with E-state index in [4.69, 9.17) is 0 Å². The molecule has 5 nitrogen and oxygen atoms in total. The smallest absolute Gasteiger partial charge is 0.315 e. The number of urea groups is 1. The first-order valence-corrected chi connectivity index (χ1v) is 8.03. The van der Waals surface area contributed by atoms with Gasteiger partial charge in [-0.05, 0) is 63.9 Å². The van der Waals surface area contributed by atoms with Gasteiger partial charge in [-0.15, -0.1) is 0 Å². The minimum absolute atomic E-state index is 0.0930. The van der Waals surface area contributed by atoms with Gasteiger partial charge in [0.15, 0.2) is 0 Å². The second-order valence-corrected chi connectivity index (χ2v) is 6.30. The molecule has 0 bridgehead atoms. The van der Waals surface area contributed by atoms with Gasteiger partial charge in [0.25, 0.3) is 0 Å². The first-order chi connectivity index (χ1) is 10.5. The minimum Gasteiger partial charge on any atom is -0.508 e. The zero-order valence-electron chi connectivity index (χ0n) is 13.5. The number of hydrogen-bond acceptors (Lipinski definition) is 3. The highest BCUT2D eigenvalue weighted by Gasteiger charge is 2.24. The molecular formula is C17H27N3O2. The Morgan fingerprint density at radius 2 is 2.18 bits per heavy atom. The first kappa shape index (κ1) is 16.6. The van der Waals surface area contributed by atoms with Crippen molar-refractivity contribution in [2.24, 2.45) is 0 Å². The summed E-state index contributed by atoms with van der Waals surface area (Å²) in [4.78, 5) is 14.2. The highest BCUT2D eigenvalue weighted by molar-refractivity contribution is 5.74. The predicted molar refractivity (Wildman–Crippen MR) is 88.1 cm³/mol. The number of carbonyl (C=O) groups is 1. The number of nitrogens with one attached hydrogen (secondary N) is 2. The summed E-state index contributed by atoms with van der Waals surface area (Å²) in [5, 5.41) is 15.4. The van der Waals surface area contributed by atoms with E-state index in [1.54, 1.807) is 12.1 Å². The number of rotatable bonds is 5. The monoisotopic (exact) mass is 305 g/mol. The number of amides is 2. The molecule has 22 heavy (non-hydrogen) atoms. The van der Waals surface area contributed by atoms with Gasteiger partial charge in [-0.3, -0.25) is 0 Å². The molecule has 1 fully saturated rings. The Hall–Kier alpha value is -1.75. The van der Waals surface area contributed by atoms with Crippen molar-refractivity contribution in [2.75, 3.05) is 20.6 Å². The first-order valence-electron chi connectivity index (χ1n) is 8.03. The van der Waals surface area contributed by atoms with E-state index < -0.39 is 0 Å². The van der Waals surface area contributed by atoms with Crippen molar-refractivity contribution in [3.8, 4) is 5.75 Å². The molecule has 2 rings (SSSR count). The molecule has 1 aromatic rings. The van der Waals surface area contributed by atoms with Crippen LogP contribution in [0.3, 0.4) is 0 Å².